The highest BCUT2D eigenvalue weighted by Crippen LogP contribution is 2.13. The van der Waals surface area contributed by atoms with Crippen LogP contribution in [0.25, 0.3) is 10.9 Å². The summed E-state index contributed by atoms with van der Waals surface area (Å²) in [5.74, 6) is -1.54. The van der Waals surface area contributed by atoms with Gasteiger partial charge in [-0.3, -0.25) is 9.59 Å². The summed E-state index contributed by atoms with van der Waals surface area (Å²) in [7, 11) is 0. The van der Waals surface area contributed by atoms with E-state index in [9.17, 15) is 19.5 Å². The second-order valence-electron chi connectivity index (χ2n) is 5.99. The van der Waals surface area contributed by atoms with Gasteiger partial charge in [-0.1, -0.05) is 47.7 Å². The van der Waals surface area contributed by atoms with Crippen molar-refractivity contribution in [3.05, 3.63) is 70.5 Å². The molecule has 0 saturated heterocycles. The smallest absolute Gasteiger partial charge is 0.330 e. The highest BCUT2D eigenvalue weighted by molar-refractivity contribution is 5.84. The minimum absolute atomic E-state index is 0.0670. The molecule has 2 N–H and O–H groups in total. The van der Waals surface area contributed by atoms with Crippen LogP contribution in [0.3, 0.4) is 0 Å². The number of nitrogens with zero attached hydrogens (tertiary/aromatic N) is 3. The molecule has 3 rings (SSSR count). The first kappa shape index (κ1) is 18.2. The Labute approximate surface area is 154 Å². The van der Waals surface area contributed by atoms with Crippen LogP contribution in [0.5, 0.6) is 0 Å². The highest BCUT2D eigenvalue weighted by atomic mass is 16.4. The van der Waals surface area contributed by atoms with Crippen molar-refractivity contribution in [2.45, 2.75) is 25.4 Å². The van der Waals surface area contributed by atoms with Crippen molar-refractivity contribution in [2.24, 2.45) is 0 Å². The van der Waals surface area contributed by atoms with Gasteiger partial charge in [-0.05, 0) is 24.1 Å². The van der Waals surface area contributed by atoms with Crippen LogP contribution in [0.15, 0.2) is 59.4 Å². The molecule has 0 bridgehead atoms. The van der Waals surface area contributed by atoms with E-state index in [0.29, 0.717) is 22.9 Å². The quantitative estimate of drug-likeness (QED) is 0.655. The van der Waals surface area contributed by atoms with Gasteiger partial charge >= 0.3 is 5.97 Å². The van der Waals surface area contributed by atoms with E-state index in [1.807, 2.05) is 0 Å². The van der Waals surface area contributed by atoms with Gasteiger partial charge in [0.25, 0.3) is 5.56 Å². The number of benzene rings is 2. The van der Waals surface area contributed by atoms with E-state index >= 15 is 0 Å². The zero-order chi connectivity index (χ0) is 19.2. The number of amides is 1. The van der Waals surface area contributed by atoms with E-state index in [-0.39, 0.29) is 18.5 Å². The molecule has 1 atom stereocenters. The number of aliphatic carboxylic acids is 1. The molecule has 138 valence electrons. The summed E-state index contributed by atoms with van der Waals surface area (Å²) in [6.45, 7) is 0.215. The second kappa shape index (κ2) is 8.22. The summed E-state index contributed by atoms with van der Waals surface area (Å²) in [4.78, 5) is 35.9. The molecule has 0 aliphatic heterocycles. The molecule has 0 fully saturated rings. The molecule has 1 aromatic heterocycles. The molecule has 1 amide bonds. The fourth-order valence-electron chi connectivity index (χ4n) is 2.73. The first-order valence-electron chi connectivity index (χ1n) is 8.46. The van der Waals surface area contributed by atoms with E-state index < -0.39 is 17.9 Å². The molecule has 0 aliphatic carbocycles. The van der Waals surface area contributed by atoms with Gasteiger partial charge in [0.05, 0.1) is 5.39 Å². The minimum atomic E-state index is -1.13. The van der Waals surface area contributed by atoms with Gasteiger partial charge in [0.15, 0.2) is 6.04 Å². The number of nitrogens with one attached hydrogen (secondary N) is 1. The van der Waals surface area contributed by atoms with Gasteiger partial charge in [-0.2, -0.15) is 0 Å². The summed E-state index contributed by atoms with van der Waals surface area (Å²) in [5, 5.41) is 20.2. The third-order valence-corrected chi connectivity index (χ3v) is 4.09. The number of rotatable bonds is 7. The Kier molecular flexibility index (Phi) is 5.55. The standard InChI is InChI=1S/C19H18N4O4/c24-16(20-17(19(26)27)13-7-2-1-3-8-13)11-6-12-23-18(25)14-9-4-5-10-15(14)21-22-23/h1-5,7-10,17H,6,11-12H2,(H,20,24)(H,26,27)/t17-/m0/s1. The lowest BCUT2D eigenvalue weighted by Crippen LogP contribution is -2.34. The molecule has 3 aromatic rings. The van der Waals surface area contributed by atoms with E-state index in [2.05, 4.69) is 15.6 Å². The predicted molar refractivity (Wildman–Crippen MR) is 98.0 cm³/mol. The van der Waals surface area contributed by atoms with E-state index in [0.717, 1.165) is 0 Å². The fraction of sp³-hybridized carbons (Fsp3) is 0.211. The molecule has 0 unspecified atom stereocenters. The average molecular weight is 366 g/mol. The molecule has 8 nitrogen and oxygen atoms in total. The second-order valence-corrected chi connectivity index (χ2v) is 5.99. The molecule has 0 saturated carbocycles. The van der Waals surface area contributed by atoms with Crippen LogP contribution in [-0.2, 0) is 16.1 Å². The summed E-state index contributed by atoms with van der Waals surface area (Å²) in [6, 6.07) is 14.3. The van der Waals surface area contributed by atoms with E-state index in [1.54, 1.807) is 54.6 Å². The Balaban J connectivity index is 1.60. The average Bonchev–Trinajstić information content (AvgIpc) is 2.68. The van der Waals surface area contributed by atoms with Crippen LogP contribution in [0.1, 0.15) is 24.4 Å². The third-order valence-electron chi connectivity index (χ3n) is 4.09. The number of fused-ring (bicyclic) bond motifs is 1. The maximum atomic E-state index is 12.3. The van der Waals surface area contributed by atoms with Crippen LogP contribution >= 0.6 is 0 Å². The monoisotopic (exact) mass is 366 g/mol. The predicted octanol–water partition coefficient (Wildman–Crippen LogP) is 1.51. The normalized spacial score (nSPS) is 11.9. The molecule has 0 aliphatic rings. The summed E-state index contributed by atoms with van der Waals surface area (Å²) < 4.78 is 1.21. The largest absolute Gasteiger partial charge is 0.479 e. The van der Waals surface area contributed by atoms with Crippen molar-refractivity contribution < 1.29 is 14.7 Å². The van der Waals surface area contributed by atoms with Crippen molar-refractivity contribution in [3.63, 3.8) is 0 Å². The number of hydrogen-bond donors (Lipinski definition) is 2. The van der Waals surface area contributed by atoms with Crippen molar-refractivity contribution in [2.75, 3.05) is 0 Å². The lowest BCUT2D eigenvalue weighted by molar-refractivity contribution is -0.142. The number of carbonyl (C=O) groups excluding carboxylic acids is 1. The Morgan fingerprint density at radius 1 is 1.07 bits per heavy atom. The molecule has 1 heterocycles. The maximum absolute atomic E-state index is 12.3. The van der Waals surface area contributed by atoms with Crippen LogP contribution in [0, 0.1) is 0 Å². The number of carbonyl (C=O) groups is 2. The molecule has 0 radical (unpaired) electrons. The van der Waals surface area contributed by atoms with Gasteiger partial charge in [0.2, 0.25) is 5.91 Å². The maximum Gasteiger partial charge on any atom is 0.330 e. The Hall–Kier alpha value is -3.55. The van der Waals surface area contributed by atoms with E-state index in [1.165, 1.54) is 4.68 Å². The van der Waals surface area contributed by atoms with Crippen LogP contribution in [0.2, 0.25) is 0 Å². The molecule has 2 aromatic carbocycles. The van der Waals surface area contributed by atoms with Crippen LogP contribution < -0.4 is 10.9 Å². The molecule has 8 heteroatoms. The first-order valence-corrected chi connectivity index (χ1v) is 8.46. The van der Waals surface area contributed by atoms with Crippen molar-refractivity contribution >= 4 is 22.8 Å². The number of carboxylic acids is 1. The fourth-order valence-corrected chi connectivity index (χ4v) is 2.73. The van der Waals surface area contributed by atoms with Crippen molar-refractivity contribution in [1.82, 2.24) is 20.3 Å². The van der Waals surface area contributed by atoms with Crippen molar-refractivity contribution in [3.8, 4) is 0 Å². The first-order chi connectivity index (χ1) is 13.1. The zero-order valence-electron chi connectivity index (χ0n) is 14.4. The lowest BCUT2D eigenvalue weighted by Gasteiger charge is -2.14. The number of hydrogen-bond acceptors (Lipinski definition) is 5. The minimum Gasteiger partial charge on any atom is -0.479 e. The van der Waals surface area contributed by atoms with Gasteiger partial charge in [-0.15, -0.1) is 5.10 Å². The number of aryl methyl sites for hydroxylation is 1. The number of carboxylic acid groups (broad SMARTS) is 1. The SMILES string of the molecule is O=C(CCCn1nnc2ccccc2c1=O)N[C@H](C(=O)O)c1ccccc1. The van der Waals surface area contributed by atoms with Crippen LogP contribution in [0.4, 0.5) is 0 Å². The topological polar surface area (TPSA) is 114 Å². The third kappa shape index (κ3) is 4.35. The molecule has 0 spiro atoms. The molecule has 27 heavy (non-hydrogen) atoms. The Morgan fingerprint density at radius 3 is 2.52 bits per heavy atom. The Bertz CT molecular complexity index is 1020. The Morgan fingerprint density at radius 2 is 1.78 bits per heavy atom. The van der Waals surface area contributed by atoms with Crippen molar-refractivity contribution in [1.29, 1.82) is 0 Å². The number of aromatic nitrogens is 3. The van der Waals surface area contributed by atoms with Gasteiger partial charge in [0, 0.05) is 13.0 Å². The van der Waals surface area contributed by atoms with Gasteiger partial charge < -0.3 is 10.4 Å². The summed E-state index contributed by atoms with van der Waals surface area (Å²) in [5.41, 5.74) is 0.743. The molecular weight excluding hydrogens is 348 g/mol. The van der Waals surface area contributed by atoms with Gasteiger partial charge in [0.1, 0.15) is 5.52 Å². The highest BCUT2D eigenvalue weighted by Gasteiger charge is 2.21. The zero-order valence-corrected chi connectivity index (χ0v) is 14.4. The summed E-state index contributed by atoms with van der Waals surface area (Å²) in [6.07, 6.45) is 0.400. The van der Waals surface area contributed by atoms with Gasteiger partial charge in [-0.25, -0.2) is 9.48 Å². The molecular formula is C19H18N4O4. The van der Waals surface area contributed by atoms with Crippen LogP contribution in [-0.4, -0.2) is 32.0 Å². The lowest BCUT2D eigenvalue weighted by atomic mass is 10.1. The van der Waals surface area contributed by atoms with E-state index in [4.69, 9.17) is 0 Å². The summed E-state index contributed by atoms with van der Waals surface area (Å²) >= 11 is 0.